The second-order valence-corrected chi connectivity index (χ2v) is 10.6. The largest absolute Gasteiger partial charge is 0.393 e. The number of hydrogen-bond donors (Lipinski definition) is 2. The molecule has 0 aromatic rings. The van der Waals surface area contributed by atoms with E-state index in [4.69, 9.17) is 9.47 Å². The second-order valence-electron chi connectivity index (χ2n) is 10.6. The molecule has 3 aliphatic carbocycles. The topological polar surface area (TPSA) is 58.9 Å². The molecule has 4 nitrogen and oxygen atoms in total. The number of hydrogen-bond acceptors (Lipinski definition) is 4. The first-order valence-electron chi connectivity index (χ1n) is 12.9. The van der Waals surface area contributed by atoms with Gasteiger partial charge in [-0.3, -0.25) is 0 Å². The number of rotatable bonds is 8. The van der Waals surface area contributed by atoms with Crippen molar-refractivity contribution in [1.29, 1.82) is 0 Å². The van der Waals surface area contributed by atoms with Crippen molar-refractivity contribution in [2.75, 3.05) is 13.2 Å². The van der Waals surface area contributed by atoms with Gasteiger partial charge in [-0.25, -0.2) is 0 Å². The average molecular weight is 421 g/mol. The van der Waals surface area contributed by atoms with Crippen molar-refractivity contribution in [2.45, 2.75) is 109 Å². The number of aliphatic hydroxyl groups excluding tert-OH is 2. The first-order valence-corrected chi connectivity index (χ1v) is 12.9. The molecule has 172 valence electrons. The maximum absolute atomic E-state index is 11.0. The van der Waals surface area contributed by atoms with Crippen molar-refractivity contribution in [3.8, 4) is 0 Å². The van der Waals surface area contributed by atoms with Crippen LogP contribution in [-0.4, -0.2) is 41.4 Å². The van der Waals surface area contributed by atoms with Crippen molar-refractivity contribution in [3.63, 3.8) is 0 Å². The van der Waals surface area contributed by atoms with Crippen molar-refractivity contribution in [1.82, 2.24) is 0 Å². The maximum Gasteiger partial charge on any atom is 0.177 e. The number of aliphatic hydroxyl groups is 2. The lowest BCUT2D eigenvalue weighted by molar-refractivity contribution is -0.389. The fraction of sp³-hybridized carbons (Fsp3) is 0.923. The van der Waals surface area contributed by atoms with E-state index >= 15 is 0 Å². The Morgan fingerprint density at radius 2 is 1.77 bits per heavy atom. The molecule has 0 aromatic carbocycles. The van der Waals surface area contributed by atoms with Crippen LogP contribution in [0.4, 0.5) is 0 Å². The number of unbranched alkanes of at least 4 members (excludes halogenated alkanes) is 3. The Morgan fingerprint density at radius 1 is 1.03 bits per heavy atom. The Kier molecular flexibility index (Phi) is 7.29. The first-order chi connectivity index (χ1) is 14.6. The van der Waals surface area contributed by atoms with E-state index in [1.54, 1.807) is 0 Å². The molecular weight excluding hydrogens is 376 g/mol. The van der Waals surface area contributed by atoms with Gasteiger partial charge in [-0.15, -0.1) is 0 Å². The summed E-state index contributed by atoms with van der Waals surface area (Å²) >= 11 is 0. The summed E-state index contributed by atoms with van der Waals surface area (Å²) < 4.78 is 12.7. The van der Waals surface area contributed by atoms with Gasteiger partial charge in [0.2, 0.25) is 0 Å². The van der Waals surface area contributed by atoms with Gasteiger partial charge in [-0.2, -0.15) is 0 Å². The quantitative estimate of drug-likeness (QED) is 0.417. The Labute approximate surface area is 183 Å². The van der Waals surface area contributed by atoms with Crippen molar-refractivity contribution < 1.29 is 19.7 Å². The Morgan fingerprint density at radius 3 is 2.47 bits per heavy atom. The van der Waals surface area contributed by atoms with Crippen LogP contribution in [0.2, 0.25) is 0 Å². The molecule has 4 aliphatic rings. The zero-order valence-corrected chi connectivity index (χ0v) is 19.2. The van der Waals surface area contributed by atoms with E-state index in [-0.39, 0.29) is 29.5 Å². The molecule has 2 N–H and O–H groups in total. The lowest BCUT2D eigenvalue weighted by Crippen LogP contribution is -2.74. The van der Waals surface area contributed by atoms with Gasteiger partial charge in [0, 0.05) is 17.3 Å². The molecule has 0 aromatic heterocycles. The van der Waals surface area contributed by atoms with Gasteiger partial charge in [0.25, 0.3) is 0 Å². The molecule has 4 rings (SSSR count). The Balaban J connectivity index is 1.52. The van der Waals surface area contributed by atoms with Crippen molar-refractivity contribution in [3.05, 3.63) is 12.2 Å². The third kappa shape index (κ3) is 3.80. The summed E-state index contributed by atoms with van der Waals surface area (Å²) in [5, 5.41) is 21.8. The molecule has 0 amide bonds. The van der Waals surface area contributed by atoms with Gasteiger partial charge in [-0.1, -0.05) is 70.9 Å². The maximum atomic E-state index is 11.0. The smallest absolute Gasteiger partial charge is 0.177 e. The van der Waals surface area contributed by atoms with Crippen LogP contribution in [0.3, 0.4) is 0 Å². The van der Waals surface area contributed by atoms with Crippen LogP contribution in [0.1, 0.15) is 90.9 Å². The summed E-state index contributed by atoms with van der Waals surface area (Å²) in [4.78, 5) is 0. The summed E-state index contributed by atoms with van der Waals surface area (Å²) in [6.07, 6.45) is 17.5. The highest BCUT2D eigenvalue weighted by molar-refractivity contribution is 5.21. The third-order valence-corrected chi connectivity index (χ3v) is 9.07. The van der Waals surface area contributed by atoms with Crippen LogP contribution in [-0.2, 0) is 9.47 Å². The van der Waals surface area contributed by atoms with Gasteiger partial charge in [0.15, 0.2) is 5.79 Å². The van der Waals surface area contributed by atoms with Crippen molar-refractivity contribution >= 4 is 0 Å². The van der Waals surface area contributed by atoms with E-state index in [0.717, 1.165) is 32.1 Å². The van der Waals surface area contributed by atoms with Gasteiger partial charge in [0.05, 0.1) is 25.4 Å². The summed E-state index contributed by atoms with van der Waals surface area (Å²) in [5.41, 5.74) is 0.0146. The fourth-order valence-corrected chi connectivity index (χ4v) is 7.62. The molecule has 1 aliphatic heterocycles. The van der Waals surface area contributed by atoms with Crippen LogP contribution in [0.5, 0.6) is 0 Å². The molecule has 3 saturated carbocycles. The molecule has 1 saturated heterocycles. The predicted molar refractivity (Wildman–Crippen MR) is 119 cm³/mol. The standard InChI is InChI=1S/C26H44O4/c1-3-4-5-9-15-25-16-14-23(28)21(12-13-22(27)20-10-7-6-8-11-20)24(25)19(2)26(25)29-17-18-30-26/h12-13,19-24,27-28H,3-11,14-18H2,1-2H3/b13-12+/t19?,21-,22-,23+,24+,25-/m1/s1. The molecular formula is C26H44O4. The predicted octanol–water partition coefficient (Wildman–Crippen LogP) is 5.22. The summed E-state index contributed by atoms with van der Waals surface area (Å²) in [6.45, 7) is 5.90. The van der Waals surface area contributed by atoms with Crippen molar-refractivity contribution in [2.24, 2.45) is 29.1 Å². The minimum absolute atomic E-state index is 0.0146. The molecule has 0 bridgehead atoms. The van der Waals surface area contributed by atoms with E-state index in [1.165, 1.54) is 44.9 Å². The fourth-order valence-electron chi connectivity index (χ4n) is 7.62. The minimum Gasteiger partial charge on any atom is -0.393 e. The van der Waals surface area contributed by atoms with Gasteiger partial charge in [0.1, 0.15) is 0 Å². The van der Waals surface area contributed by atoms with E-state index < -0.39 is 5.79 Å². The second kappa shape index (κ2) is 9.60. The van der Waals surface area contributed by atoms with Crippen LogP contribution >= 0.6 is 0 Å². The zero-order chi connectivity index (χ0) is 21.2. The summed E-state index contributed by atoms with van der Waals surface area (Å²) in [6, 6.07) is 0. The van der Waals surface area contributed by atoms with Crippen LogP contribution in [0, 0.1) is 29.1 Å². The zero-order valence-electron chi connectivity index (χ0n) is 19.2. The highest BCUT2D eigenvalue weighted by Crippen LogP contribution is 2.71. The molecule has 1 unspecified atom stereocenters. The summed E-state index contributed by atoms with van der Waals surface area (Å²) in [5.74, 6) is 0.689. The Hall–Kier alpha value is -0.420. The van der Waals surface area contributed by atoms with E-state index in [9.17, 15) is 10.2 Å². The third-order valence-electron chi connectivity index (χ3n) is 9.07. The van der Waals surface area contributed by atoms with Crippen LogP contribution in [0.15, 0.2) is 12.2 Å². The van der Waals surface area contributed by atoms with Gasteiger partial charge < -0.3 is 19.7 Å². The summed E-state index contributed by atoms with van der Waals surface area (Å²) in [7, 11) is 0. The van der Waals surface area contributed by atoms with Crippen LogP contribution in [0.25, 0.3) is 0 Å². The van der Waals surface area contributed by atoms with E-state index in [0.29, 0.717) is 25.0 Å². The molecule has 0 radical (unpaired) electrons. The van der Waals surface area contributed by atoms with E-state index in [2.05, 4.69) is 19.9 Å². The van der Waals surface area contributed by atoms with Gasteiger partial charge >= 0.3 is 0 Å². The lowest BCUT2D eigenvalue weighted by atomic mass is 9.40. The van der Waals surface area contributed by atoms with Crippen LogP contribution < -0.4 is 0 Å². The normalized spacial score (nSPS) is 39.9. The molecule has 30 heavy (non-hydrogen) atoms. The molecule has 1 heterocycles. The van der Waals surface area contributed by atoms with E-state index in [1.807, 2.05) is 6.08 Å². The first kappa shape index (κ1) is 22.8. The molecule has 4 heteroatoms. The average Bonchev–Trinajstić information content (AvgIpc) is 3.30. The molecule has 6 atom stereocenters. The monoisotopic (exact) mass is 420 g/mol. The highest BCUT2D eigenvalue weighted by atomic mass is 16.7. The molecule has 4 fully saturated rings. The van der Waals surface area contributed by atoms with Gasteiger partial charge in [-0.05, 0) is 43.9 Å². The molecule has 1 spiro atoms. The Bertz CT molecular complexity index is 578. The number of fused-ring (bicyclic) bond motifs is 2. The number of ether oxygens (including phenoxy) is 2. The SMILES string of the molecule is CCCCCC[C@@]12CC[C@H](O)[C@@H](/C=C/[C@@H](O)C3CCCCC3)[C@@H]1C(C)C21OCCO1. The highest BCUT2D eigenvalue weighted by Gasteiger charge is 2.75. The lowest BCUT2D eigenvalue weighted by Gasteiger charge is -2.70. The minimum atomic E-state index is -0.446.